The van der Waals surface area contributed by atoms with Crippen LogP contribution in [0.2, 0.25) is 0 Å². The van der Waals surface area contributed by atoms with Gasteiger partial charge in [-0.25, -0.2) is 0 Å². The Morgan fingerprint density at radius 1 is 1.19 bits per heavy atom. The molecule has 0 N–H and O–H groups in total. The first-order valence-corrected chi connectivity index (χ1v) is 6.95. The first-order chi connectivity index (χ1) is 7.84. The van der Waals surface area contributed by atoms with Gasteiger partial charge in [0.1, 0.15) is 5.78 Å². The van der Waals surface area contributed by atoms with Crippen LogP contribution < -0.4 is 0 Å². The van der Waals surface area contributed by atoms with Crippen LogP contribution >= 0.6 is 0 Å². The average Bonchev–Trinajstić information content (AvgIpc) is 2.34. The molecule has 1 fully saturated rings. The van der Waals surface area contributed by atoms with Crippen molar-refractivity contribution in [2.24, 2.45) is 5.92 Å². The van der Waals surface area contributed by atoms with Crippen molar-refractivity contribution in [3.63, 3.8) is 0 Å². The first kappa shape index (κ1) is 13.7. The van der Waals surface area contributed by atoms with Crippen molar-refractivity contribution < 1.29 is 9.53 Å². The lowest BCUT2D eigenvalue weighted by Crippen LogP contribution is -2.25. The van der Waals surface area contributed by atoms with Gasteiger partial charge < -0.3 is 4.74 Å². The van der Waals surface area contributed by atoms with E-state index in [0.717, 1.165) is 32.3 Å². The van der Waals surface area contributed by atoms with E-state index in [1.165, 1.54) is 32.1 Å². The van der Waals surface area contributed by atoms with Crippen LogP contribution in [-0.2, 0) is 9.53 Å². The summed E-state index contributed by atoms with van der Waals surface area (Å²) in [4.78, 5) is 11.8. The van der Waals surface area contributed by atoms with Crippen molar-refractivity contribution in [1.82, 2.24) is 0 Å². The fraction of sp³-hybridized carbons (Fsp3) is 0.929. The summed E-state index contributed by atoms with van der Waals surface area (Å²) in [6.45, 7) is 3.75. The number of ketones is 1. The van der Waals surface area contributed by atoms with E-state index in [0.29, 0.717) is 12.4 Å². The SMILES string of the molecule is CCCCCCCCC(=O)C1CCCOC1. The lowest BCUT2D eigenvalue weighted by molar-refractivity contribution is -0.126. The van der Waals surface area contributed by atoms with Crippen LogP contribution in [0.15, 0.2) is 0 Å². The van der Waals surface area contributed by atoms with E-state index in [-0.39, 0.29) is 5.92 Å². The van der Waals surface area contributed by atoms with Gasteiger partial charge in [0.15, 0.2) is 0 Å². The summed E-state index contributed by atoms with van der Waals surface area (Å²) in [5, 5.41) is 0. The molecular formula is C14H26O2. The monoisotopic (exact) mass is 226 g/mol. The Labute approximate surface area is 99.8 Å². The normalized spacial score (nSPS) is 20.9. The molecule has 1 rings (SSSR count). The van der Waals surface area contributed by atoms with E-state index in [1.807, 2.05) is 0 Å². The van der Waals surface area contributed by atoms with Crippen molar-refractivity contribution in [1.29, 1.82) is 0 Å². The maximum absolute atomic E-state index is 11.8. The summed E-state index contributed by atoms with van der Waals surface area (Å²) in [5.74, 6) is 0.652. The molecule has 1 atom stereocenters. The maximum atomic E-state index is 11.8. The zero-order chi connectivity index (χ0) is 11.6. The van der Waals surface area contributed by atoms with Crippen LogP contribution in [-0.4, -0.2) is 19.0 Å². The Morgan fingerprint density at radius 2 is 1.94 bits per heavy atom. The Morgan fingerprint density at radius 3 is 2.62 bits per heavy atom. The van der Waals surface area contributed by atoms with Crippen LogP contribution in [0.25, 0.3) is 0 Å². The second-order valence-corrected chi connectivity index (χ2v) is 4.90. The second-order valence-electron chi connectivity index (χ2n) is 4.90. The summed E-state index contributed by atoms with van der Waals surface area (Å²) in [5.41, 5.74) is 0. The molecule has 16 heavy (non-hydrogen) atoms. The largest absolute Gasteiger partial charge is 0.381 e. The number of Topliss-reactive ketones (excluding diaryl/α,β-unsaturated/α-hetero) is 1. The van der Waals surface area contributed by atoms with Crippen LogP contribution in [0.1, 0.15) is 64.7 Å². The Kier molecular flexibility index (Phi) is 7.48. The molecule has 0 amide bonds. The third kappa shape index (κ3) is 5.64. The molecule has 0 aromatic heterocycles. The number of hydrogen-bond acceptors (Lipinski definition) is 2. The van der Waals surface area contributed by atoms with Gasteiger partial charge in [0.2, 0.25) is 0 Å². The summed E-state index contributed by atoms with van der Waals surface area (Å²) in [6.07, 6.45) is 10.4. The lowest BCUT2D eigenvalue weighted by Gasteiger charge is -2.20. The highest BCUT2D eigenvalue weighted by Crippen LogP contribution is 2.17. The molecule has 94 valence electrons. The zero-order valence-electron chi connectivity index (χ0n) is 10.7. The lowest BCUT2D eigenvalue weighted by atomic mass is 9.94. The summed E-state index contributed by atoms with van der Waals surface area (Å²) in [7, 11) is 0. The smallest absolute Gasteiger partial charge is 0.138 e. The van der Waals surface area contributed by atoms with E-state index < -0.39 is 0 Å². The molecule has 2 nitrogen and oxygen atoms in total. The quantitative estimate of drug-likeness (QED) is 0.589. The minimum absolute atomic E-state index is 0.212. The van der Waals surface area contributed by atoms with Crippen LogP contribution in [0.5, 0.6) is 0 Å². The van der Waals surface area contributed by atoms with E-state index in [4.69, 9.17) is 4.74 Å². The second kappa shape index (κ2) is 8.74. The van der Waals surface area contributed by atoms with Crippen molar-refractivity contribution in [3.8, 4) is 0 Å². The predicted octanol–water partition coefficient (Wildman–Crippen LogP) is 3.73. The fourth-order valence-corrected chi connectivity index (χ4v) is 2.28. The van der Waals surface area contributed by atoms with Gasteiger partial charge in [0.05, 0.1) is 6.61 Å². The Balaban J connectivity index is 1.97. The average molecular weight is 226 g/mol. The molecule has 0 aromatic carbocycles. The number of carbonyl (C=O) groups excluding carboxylic acids is 1. The standard InChI is InChI=1S/C14H26O2/c1-2-3-4-5-6-7-10-14(15)13-9-8-11-16-12-13/h13H,2-12H2,1H3. The van der Waals surface area contributed by atoms with Gasteiger partial charge in [-0.1, -0.05) is 39.0 Å². The van der Waals surface area contributed by atoms with Crippen molar-refractivity contribution in [2.45, 2.75) is 64.7 Å². The van der Waals surface area contributed by atoms with E-state index in [1.54, 1.807) is 0 Å². The highest BCUT2D eigenvalue weighted by atomic mass is 16.5. The predicted molar refractivity (Wildman–Crippen MR) is 66.5 cm³/mol. The van der Waals surface area contributed by atoms with Crippen LogP contribution in [0, 0.1) is 5.92 Å². The molecule has 0 saturated carbocycles. The number of carbonyl (C=O) groups is 1. The molecule has 1 aliphatic rings. The molecule has 2 heteroatoms. The summed E-state index contributed by atoms with van der Waals surface area (Å²) in [6, 6.07) is 0. The number of ether oxygens (including phenoxy) is 1. The maximum Gasteiger partial charge on any atom is 0.138 e. The molecule has 1 heterocycles. The van der Waals surface area contributed by atoms with Crippen LogP contribution in [0.4, 0.5) is 0 Å². The van der Waals surface area contributed by atoms with Crippen molar-refractivity contribution >= 4 is 5.78 Å². The number of rotatable bonds is 8. The number of unbranched alkanes of at least 4 members (excludes halogenated alkanes) is 5. The Hall–Kier alpha value is -0.370. The zero-order valence-corrected chi connectivity index (χ0v) is 10.7. The minimum Gasteiger partial charge on any atom is -0.381 e. The van der Waals surface area contributed by atoms with Crippen molar-refractivity contribution in [3.05, 3.63) is 0 Å². The van der Waals surface area contributed by atoms with Crippen LogP contribution in [0.3, 0.4) is 0 Å². The van der Waals surface area contributed by atoms with E-state index in [9.17, 15) is 4.79 Å². The number of hydrogen-bond donors (Lipinski definition) is 0. The molecule has 0 spiro atoms. The topological polar surface area (TPSA) is 26.3 Å². The van der Waals surface area contributed by atoms with Gasteiger partial charge in [-0.3, -0.25) is 4.79 Å². The molecule has 1 aliphatic heterocycles. The molecular weight excluding hydrogens is 200 g/mol. The highest BCUT2D eigenvalue weighted by molar-refractivity contribution is 5.81. The summed E-state index contributed by atoms with van der Waals surface area (Å²) >= 11 is 0. The van der Waals surface area contributed by atoms with Crippen molar-refractivity contribution in [2.75, 3.05) is 13.2 Å². The molecule has 0 radical (unpaired) electrons. The molecule has 0 aliphatic carbocycles. The highest BCUT2D eigenvalue weighted by Gasteiger charge is 2.20. The third-order valence-electron chi connectivity index (χ3n) is 3.39. The first-order valence-electron chi connectivity index (χ1n) is 6.95. The van der Waals surface area contributed by atoms with E-state index in [2.05, 4.69) is 6.92 Å². The minimum atomic E-state index is 0.212. The van der Waals surface area contributed by atoms with E-state index >= 15 is 0 Å². The van der Waals surface area contributed by atoms with Gasteiger partial charge in [-0.2, -0.15) is 0 Å². The molecule has 0 bridgehead atoms. The third-order valence-corrected chi connectivity index (χ3v) is 3.39. The molecule has 0 aromatic rings. The van der Waals surface area contributed by atoms with Gasteiger partial charge >= 0.3 is 0 Å². The summed E-state index contributed by atoms with van der Waals surface area (Å²) < 4.78 is 5.34. The Bertz CT molecular complexity index is 183. The van der Waals surface area contributed by atoms with Gasteiger partial charge in [-0.05, 0) is 19.3 Å². The molecule has 1 saturated heterocycles. The van der Waals surface area contributed by atoms with Gasteiger partial charge in [0.25, 0.3) is 0 Å². The van der Waals surface area contributed by atoms with Gasteiger partial charge in [0, 0.05) is 18.9 Å². The fourth-order valence-electron chi connectivity index (χ4n) is 2.28. The van der Waals surface area contributed by atoms with Gasteiger partial charge in [-0.15, -0.1) is 0 Å². The molecule has 1 unspecified atom stereocenters.